The average molecular weight is 900 g/mol. The number of nitrogens with zero attached hydrogens (tertiary/aromatic N) is 3. The largest absolute Gasteiger partial charge is 0.488 e. The average Bonchev–Trinajstić information content (AvgIpc) is 3.83. The van der Waals surface area contributed by atoms with Crippen molar-refractivity contribution in [2.75, 3.05) is 37.0 Å². The summed E-state index contributed by atoms with van der Waals surface area (Å²) in [5, 5.41) is 18.6. The van der Waals surface area contributed by atoms with Crippen LogP contribution in [0, 0.1) is 12.7 Å². The quantitative estimate of drug-likeness (QED) is 0.0318. The predicted octanol–water partition coefficient (Wildman–Crippen LogP) is 7.86. The molecule has 1 aliphatic rings. The fourth-order valence-electron chi connectivity index (χ4n) is 7.39. The van der Waals surface area contributed by atoms with Gasteiger partial charge in [0.1, 0.15) is 24.5 Å². The van der Waals surface area contributed by atoms with Crippen LogP contribution in [-0.2, 0) is 22.4 Å². The molecule has 0 saturated carbocycles. The van der Waals surface area contributed by atoms with Crippen molar-refractivity contribution < 1.29 is 38.1 Å². The molecule has 65 heavy (non-hydrogen) atoms. The molecule has 0 spiro atoms. The molecule has 2 atom stereocenters. The van der Waals surface area contributed by atoms with Crippen LogP contribution in [0.2, 0.25) is 0 Å². The summed E-state index contributed by atoms with van der Waals surface area (Å²) in [4.78, 5) is 53.4. The van der Waals surface area contributed by atoms with Crippen molar-refractivity contribution in [3.8, 4) is 17.2 Å². The summed E-state index contributed by atoms with van der Waals surface area (Å²) in [6, 6.07) is 29.0. The van der Waals surface area contributed by atoms with Crippen LogP contribution < -0.4 is 36.6 Å². The molecule has 16 heteroatoms. The molecule has 0 radical (unpaired) electrons. The third-order valence-electron chi connectivity index (χ3n) is 10.6. The summed E-state index contributed by atoms with van der Waals surface area (Å²) >= 11 is 1.39. The molecule has 5 aromatic carbocycles. The number of aromatic nitrogens is 1. The molecule has 0 fully saturated rings. The van der Waals surface area contributed by atoms with Crippen LogP contribution in [-0.4, -0.2) is 66.4 Å². The van der Waals surface area contributed by atoms with E-state index in [1.54, 1.807) is 40.9 Å². The number of ether oxygens (including phenoxy) is 2. The lowest BCUT2D eigenvalue weighted by molar-refractivity contribution is -0.109. The number of likely N-dealkylation sites (N-methyl/N-ethyl adjacent to an activating group) is 1. The van der Waals surface area contributed by atoms with Gasteiger partial charge in [0.2, 0.25) is 6.41 Å². The number of fused-ring (bicyclic) bond motifs is 1. The van der Waals surface area contributed by atoms with Crippen LogP contribution in [0.3, 0.4) is 0 Å². The molecule has 2 unspecified atom stereocenters. The summed E-state index contributed by atoms with van der Waals surface area (Å²) in [6.45, 7) is 5.07. The number of hydrogen-bond donors (Lipinski definition) is 5. The number of amides is 2. The van der Waals surface area contributed by atoms with E-state index in [1.807, 2.05) is 87.6 Å². The third-order valence-corrected chi connectivity index (χ3v) is 11.3. The van der Waals surface area contributed by atoms with E-state index < -0.39 is 29.3 Å². The first kappa shape index (κ1) is 47.1. The summed E-state index contributed by atoms with van der Waals surface area (Å²) in [5.74, 6) is 4.16. The number of hydrogen-bond acceptors (Lipinski definition) is 12. The first-order valence-electron chi connectivity index (χ1n) is 20.7. The molecular weight excluding hydrogens is 850 g/mol. The number of carboxylic acid groups (broad SMARTS) is 1. The number of rotatable bonds is 18. The van der Waals surface area contributed by atoms with E-state index in [-0.39, 0.29) is 24.8 Å². The molecule has 1 aliphatic heterocycles. The molecule has 336 valence electrons. The lowest BCUT2D eigenvalue weighted by Gasteiger charge is -2.40. The van der Waals surface area contributed by atoms with Gasteiger partial charge in [-0.2, -0.15) is 0 Å². The van der Waals surface area contributed by atoms with Crippen LogP contribution in [0.25, 0.3) is 5.70 Å². The van der Waals surface area contributed by atoms with Crippen molar-refractivity contribution in [2.24, 2.45) is 11.6 Å². The van der Waals surface area contributed by atoms with Crippen LogP contribution in [0.15, 0.2) is 121 Å². The standard InChI is InChI=1S/C45H46FN5O6.C4H4N2OS/c1-4-29-23-42(57-34-16-17-37(45(54)55)39(46)25-34)41(24-31(29)18-19-49-3)56-21-20-50(48)26-40(47)32-8-7-9-33(22-32)51-43(30-14-12-28(2)13-15-30)38(27-52)35-10-5-6-11-36(35)44(51)53;7-3-6-4-5-1-2-8-4/h5-17,22-27,38,43,49H,4,18-21,47-48H2,1-3H3,(H,54,55);1-3H,(H,5,6,7)/b40-26-;. The Hall–Kier alpha value is -7.40. The normalized spacial score (nSPS) is 14.4. The highest BCUT2D eigenvalue weighted by Crippen LogP contribution is 2.44. The summed E-state index contributed by atoms with van der Waals surface area (Å²) in [5.41, 5.74) is 12.8. The van der Waals surface area contributed by atoms with E-state index in [4.69, 9.17) is 21.1 Å². The van der Waals surface area contributed by atoms with Crippen molar-refractivity contribution in [1.82, 2.24) is 15.3 Å². The van der Waals surface area contributed by atoms with Gasteiger partial charge in [0.15, 0.2) is 16.6 Å². The highest BCUT2D eigenvalue weighted by molar-refractivity contribution is 7.13. The van der Waals surface area contributed by atoms with Gasteiger partial charge in [0.25, 0.3) is 5.91 Å². The van der Waals surface area contributed by atoms with Crippen LogP contribution in [0.5, 0.6) is 17.2 Å². The fourth-order valence-corrected chi connectivity index (χ4v) is 7.88. The van der Waals surface area contributed by atoms with E-state index in [1.165, 1.54) is 22.4 Å². The molecule has 0 saturated heterocycles. The molecular formula is C49H50FN7O7S. The highest BCUT2D eigenvalue weighted by Gasteiger charge is 2.41. The van der Waals surface area contributed by atoms with E-state index >= 15 is 0 Å². The zero-order valence-electron chi connectivity index (χ0n) is 36.1. The van der Waals surface area contributed by atoms with E-state index in [0.717, 1.165) is 53.6 Å². The number of carbonyl (C=O) groups is 4. The fraction of sp³-hybridized carbons (Fsp3) is 0.204. The van der Waals surface area contributed by atoms with Crippen molar-refractivity contribution in [2.45, 2.75) is 38.6 Å². The Morgan fingerprint density at radius 2 is 1.77 bits per heavy atom. The number of nitrogens with two attached hydrogens (primary N) is 2. The Labute approximate surface area is 380 Å². The van der Waals surface area contributed by atoms with Gasteiger partial charge in [0.05, 0.1) is 29.8 Å². The topological polar surface area (TPSA) is 202 Å². The smallest absolute Gasteiger partial charge is 0.338 e. The second kappa shape index (κ2) is 22.3. The first-order chi connectivity index (χ1) is 31.5. The molecule has 2 heterocycles. The number of hydrazine groups is 1. The second-order valence-corrected chi connectivity index (χ2v) is 15.8. The van der Waals surface area contributed by atoms with Crippen molar-refractivity contribution in [3.63, 3.8) is 0 Å². The van der Waals surface area contributed by atoms with E-state index in [0.29, 0.717) is 57.5 Å². The summed E-state index contributed by atoms with van der Waals surface area (Å²) in [7, 11) is 1.87. The van der Waals surface area contributed by atoms with Gasteiger partial charge < -0.3 is 40.8 Å². The van der Waals surface area contributed by atoms with Crippen LogP contribution >= 0.6 is 11.3 Å². The Bertz CT molecular complexity index is 2640. The maximum Gasteiger partial charge on any atom is 0.338 e. The number of halogens is 1. The van der Waals surface area contributed by atoms with Crippen molar-refractivity contribution in [3.05, 3.63) is 171 Å². The van der Waals surface area contributed by atoms with Gasteiger partial charge in [-0.1, -0.05) is 67.1 Å². The van der Waals surface area contributed by atoms with Gasteiger partial charge >= 0.3 is 5.97 Å². The van der Waals surface area contributed by atoms with Gasteiger partial charge in [-0.3, -0.25) is 14.5 Å². The Balaban J connectivity index is 0.000000789. The predicted molar refractivity (Wildman–Crippen MR) is 250 cm³/mol. The molecule has 14 nitrogen and oxygen atoms in total. The number of benzene rings is 5. The van der Waals surface area contributed by atoms with Crippen LogP contribution in [0.4, 0.5) is 15.2 Å². The lowest BCUT2D eigenvalue weighted by atomic mass is 9.80. The zero-order valence-corrected chi connectivity index (χ0v) is 36.9. The molecule has 7 rings (SSSR count). The van der Waals surface area contributed by atoms with Gasteiger partial charge in [-0.05, 0) is 98.1 Å². The maximum absolute atomic E-state index is 14.5. The molecule has 7 N–H and O–H groups in total. The maximum atomic E-state index is 14.5. The van der Waals surface area contributed by atoms with Gasteiger partial charge in [0, 0.05) is 40.7 Å². The van der Waals surface area contributed by atoms with Crippen molar-refractivity contribution in [1.29, 1.82) is 0 Å². The number of aromatic carboxylic acids is 1. The van der Waals surface area contributed by atoms with E-state index in [9.17, 15) is 28.7 Å². The number of carbonyl (C=O) groups excluding carboxylic acids is 3. The summed E-state index contributed by atoms with van der Waals surface area (Å²) in [6.07, 6.45) is 6.17. The Morgan fingerprint density at radius 3 is 2.45 bits per heavy atom. The molecule has 0 aliphatic carbocycles. The molecule has 0 bridgehead atoms. The molecule has 6 aromatic rings. The number of aryl methyl sites for hydroxylation is 2. The van der Waals surface area contributed by atoms with Crippen LogP contribution in [0.1, 0.15) is 73.0 Å². The third kappa shape index (κ3) is 11.6. The van der Waals surface area contributed by atoms with Gasteiger partial charge in [-0.25, -0.2) is 20.0 Å². The number of carboxylic acids is 1. The van der Waals surface area contributed by atoms with Gasteiger partial charge in [-0.15, -0.1) is 11.3 Å². The first-order valence-corrected chi connectivity index (χ1v) is 21.6. The minimum absolute atomic E-state index is 0.118. The minimum Gasteiger partial charge on any atom is -0.488 e. The summed E-state index contributed by atoms with van der Waals surface area (Å²) < 4.78 is 26.8. The Morgan fingerprint density at radius 1 is 1.00 bits per heavy atom. The monoisotopic (exact) mass is 899 g/mol. The van der Waals surface area contributed by atoms with E-state index in [2.05, 4.69) is 15.6 Å². The SMILES string of the molecule is CCc1cc(Oc2ccc(C(=O)O)c(F)c2)c(OCCN(N)/C=C(\N)c2cccc(N3C(=O)c4ccccc4C(C=O)C3c3ccc(C)cc3)c2)cc1CCNC.O=CNc1nccs1. The molecule has 1 aromatic heterocycles. The highest BCUT2D eigenvalue weighted by atomic mass is 32.1. The van der Waals surface area contributed by atoms with Crippen molar-refractivity contribution >= 4 is 52.4 Å². The number of thiazole rings is 1. The minimum atomic E-state index is -1.37. The second-order valence-electron chi connectivity index (χ2n) is 14.9. The number of anilines is 2. The zero-order chi connectivity index (χ0) is 46.5. The number of aldehydes is 1. The lowest BCUT2D eigenvalue weighted by Crippen LogP contribution is -2.43. The molecule has 2 amide bonds. The Kier molecular flexibility index (Phi) is 16.1. The number of nitrogens with one attached hydrogen (secondary N) is 2.